The quantitative estimate of drug-likeness (QED) is 0.521. The molecule has 0 amide bonds. The Bertz CT molecular complexity index is 440. The van der Waals surface area contributed by atoms with Crippen LogP contribution in [0.5, 0.6) is 0 Å². The molecule has 1 rings (SSSR count). The van der Waals surface area contributed by atoms with Crippen molar-refractivity contribution in [3.05, 3.63) is 35.9 Å². The molecule has 0 bridgehead atoms. The molecule has 0 saturated heterocycles. The Morgan fingerprint density at radius 2 is 1.80 bits per heavy atom. The van der Waals surface area contributed by atoms with Gasteiger partial charge in [-0.2, -0.15) is 0 Å². The molecule has 1 aromatic rings. The van der Waals surface area contributed by atoms with Crippen LogP contribution in [0.25, 0.3) is 0 Å². The van der Waals surface area contributed by atoms with Crippen molar-refractivity contribution in [3.8, 4) is 0 Å². The van der Waals surface area contributed by atoms with E-state index >= 15 is 0 Å². The van der Waals surface area contributed by atoms with Crippen LogP contribution in [0.4, 0.5) is 0 Å². The average molecular weight is 287 g/mol. The number of hydrogen-bond acceptors (Lipinski definition) is 3. The summed E-state index contributed by atoms with van der Waals surface area (Å²) in [5.74, 6) is -1.13. The maximum absolute atomic E-state index is 12.2. The second kappa shape index (κ2) is 9.29. The second-order valence-corrected chi connectivity index (χ2v) is 5.24. The molecule has 1 aromatic carbocycles. The summed E-state index contributed by atoms with van der Waals surface area (Å²) >= 11 is 0. The number of nitrogens with two attached hydrogens (primary N) is 1. The number of carboxylic acid groups (broad SMARTS) is 1. The fourth-order valence-corrected chi connectivity index (χ4v) is 2.20. The zero-order valence-corrected chi connectivity index (χ0v) is 14.4. The summed E-state index contributed by atoms with van der Waals surface area (Å²) in [6.45, 7) is 3.99. The van der Waals surface area contributed by atoms with Gasteiger partial charge in [0.15, 0.2) is 5.78 Å². The summed E-state index contributed by atoms with van der Waals surface area (Å²) in [5, 5.41) is 8.93. The number of carboxylic acids is 1. The average Bonchev–Trinajstić information content (AvgIpc) is 2.36. The first-order valence-electron chi connectivity index (χ1n) is 6.48. The van der Waals surface area contributed by atoms with Gasteiger partial charge in [-0.05, 0) is 18.3 Å². The van der Waals surface area contributed by atoms with Crippen molar-refractivity contribution >= 4 is 11.8 Å². The van der Waals surface area contributed by atoms with Gasteiger partial charge in [0.05, 0.1) is 12.5 Å². The third-order valence-corrected chi connectivity index (χ3v) is 3.08. The van der Waals surface area contributed by atoms with Crippen molar-refractivity contribution in [3.63, 3.8) is 0 Å². The van der Waals surface area contributed by atoms with Crippen LogP contribution in [0.3, 0.4) is 0 Å². The molecule has 0 fully saturated rings. The Morgan fingerprint density at radius 3 is 2.25 bits per heavy atom. The first kappa shape index (κ1) is 19.3. The van der Waals surface area contributed by atoms with Crippen LogP contribution in [-0.2, 0) is 4.79 Å². The van der Waals surface area contributed by atoms with Gasteiger partial charge in [0, 0.05) is 5.56 Å². The van der Waals surface area contributed by atoms with Gasteiger partial charge < -0.3 is 12.3 Å². The third-order valence-electron chi connectivity index (χ3n) is 3.08. The van der Waals surface area contributed by atoms with E-state index in [4.69, 9.17) is 10.8 Å². The van der Waals surface area contributed by atoms with Crippen molar-refractivity contribution in [2.45, 2.75) is 32.7 Å². The molecular formula is C15H22NNaO3. The first-order chi connectivity index (χ1) is 8.91. The van der Waals surface area contributed by atoms with Gasteiger partial charge in [0.2, 0.25) is 0 Å². The molecule has 106 valence electrons. The maximum Gasteiger partial charge on any atom is 1.00 e. The van der Waals surface area contributed by atoms with E-state index in [1.54, 1.807) is 24.3 Å². The number of Topliss-reactive ketones (excluding diaryl/α,β-unsaturated/α-hetero) is 1. The second-order valence-electron chi connectivity index (χ2n) is 5.24. The van der Waals surface area contributed by atoms with Crippen LogP contribution in [0.1, 0.15) is 38.5 Å². The fraction of sp³-hybridized carbons (Fsp3) is 0.467. The van der Waals surface area contributed by atoms with Crippen LogP contribution in [0.15, 0.2) is 30.3 Å². The van der Waals surface area contributed by atoms with E-state index in [2.05, 4.69) is 0 Å². The van der Waals surface area contributed by atoms with Crippen LogP contribution in [-0.4, -0.2) is 22.9 Å². The van der Waals surface area contributed by atoms with E-state index in [-0.39, 0.29) is 49.1 Å². The predicted molar refractivity (Wildman–Crippen MR) is 75.1 cm³/mol. The Morgan fingerprint density at radius 1 is 1.25 bits per heavy atom. The third kappa shape index (κ3) is 6.18. The fourth-order valence-electron chi connectivity index (χ4n) is 2.20. The summed E-state index contributed by atoms with van der Waals surface area (Å²) in [5.41, 5.74) is 6.51. The zero-order valence-electron chi connectivity index (χ0n) is 13.4. The Balaban J connectivity index is 0. The number of hydrogen-bond donors (Lipinski definition) is 2. The summed E-state index contributed by atoms with van der Waals surface area (Å²) in [6, 6.07) is 8.01. The molecule has 0 aliphatic heterocycles. The van der Waals surface area contributed by atoms with Gasteiger partial charge in [-0.3, -0.25) is 9.59 Å². The molecule has 0 saturated carbocycles. The standard InChI is InChI=1S/C15H21NO3.Na.H/c1-10(2)8-12(9-13(17)18)14(16)15(19)11-6-4-3-5-7-11;;/h3-7,10,12,14H,8-9,16H2,1-2H3,(H,17,18);;/q;+1;-1/t12-,14?;;/m0../s1. The molecule has 5 heteroatoms. The summed E-state index contributed by atoms with van der Waals surface area (Å²) in [4.78, 5) is 23.1. The van der Waals surface area contributed by atoms with E-state index in [1.807, 2.05) is 19.9 Å². The summed E-state index contributed by atoms with van der Waals surface area (Å²) in [6.07, 6.45) is 0.559. The minimum Gasteiger partial charge on any atom is -1.00 e. The van der Waals surface area contributed by atoms with Crippen molar-refractivity contribution in [1.29, 1.82) is 0 Å². The molecule has 3 N–H and O–H groups in total. The molecule has 2 atom stereocenters. The maximum atomic E-state index is 12.2. The number of carbonyl (C=O) groups excluding carboxylic acids is 1. The number of benzene rings is 1. The smallest absolute Gasteiger partial charge is 1.00 e. The molecular weight excluding hydrogens is 265 g/mol. The largest absolute Gasteiger partial charge is 1.00 e. The summed E-state index contributed by atoms with van der Waals surface area (Å²) < 4.78 is 0. The number of carbonyl (C=O) groups is 2. The molecule has 0 aromatic heterocycles. The van der Waals surface area contributed by atoms with Crippen LogP contribution in [0.2, 0.25) is 0 Å². The Hall–Kier alpha value is -0.680. The number of ketones is 1. The minimum absolute atomic E-state index is 0. The van der Waals surface area contributed by atoms with Crippen molar-refractivity contribution < 1.29 is 45.7 Å². The summed E-state index contributed by atoms with van der Waals surface area (Å²) in [7, 11) is 0. The molecule has 20 heavy (non-hydrogen) atoms. The van der Waals surface area contributed by atoms with Crippen molar-refractivity contribution in [1.82, 2.24) is 0 Å². The minimum atomic E-state index is -0.915. The van der Waals surface area contributed by atoms with E-state index in [0.717, 1.165) is 0 Å². The molecule has 0 aliphatic rings. The van der Waals surface area contributed by atoms with Crippen molar-refractivity contribution in [2.24, 2.45) is 17.6 Å². The van der Waals surface area contributed by atoms with Crippen molar-refractivity contribution in [2.75, 3.05) is 0 Å². The molecule has 0 heterocycles. The topological polar surface area (TPSA) is 80.4 Å². The van der Waals surface area contributed by atoms with Gasteiger partial charge >= 0.3 is 35.5 Å². The monoisotopic (exact) mass is 287 g/mol. The van der Waals surface area contributed by atoms with Gasteiger partial charge in [0.1, 0.15) is 0 Å². The van der Waals surface area contributed by atoms with Gasteiger partial charge in [-0.1, -0.05) is 44.2 Å². The number of aliphatic carboxylic acids is 1. The van der Waals surface area contributed by atoms with E-state index in [1.165, 1.54) is 0 Å². The number of rotatable bonds is 7. The van der Waals surface area contributed by atoms with Crippen LogP contribution < -0.4 is 35.3 Å². The normalized spacial score (nSPS) is 13.4. The molecule has 0 spiro atoms. The van der Waals surface area contributed by atoms with E-state index in [0.29, 0.717) is 17.9 Å². The van der Waals surface area contributed by atoms with E-state index in [9.17, 15) is 9.59 Å². The van der Waals surface area contributed by atoms with Crippen LogP contribution in [0, 0.1) is 11.8 Å². The molecule has 0 radical (unpaired) electrons. The zero-order chi connectivity index (χ0) is 14.4. The van der Waals surface area contributed by atoms with Gasteiger partial charge in [0.25, 0.3) is 0 Å². The molecule has 1 unspecified atom stereocenters. The molecule has 0 aliphatic carbocycles. The van der Waals surface area contributed by atoms with Gasteiger partial charge in [-0.25, -0.2) is 0 Å². The predicted octanol–water partition coefficient (Wildman–Crippen LogP) is -0.550. The van der Waals surface area contributed by atoms with E-state index < -0.39 is 12.0 Å². The SMILES string of the molecule is CC(C)C[C@@H](CC(=O)O)C(N)C(=O)c1ccccc1.[H-].[Na+]. The van der Waals surface area contributed by atoms with Crippen LogP contribution >= 0.6 is 0 Å². The van der Waals surface area contributed by atoms with Gasteiger partial charge in [-0.15, -0.1) is 0 Å². The Labute approximate surface area is 143 Å². The Kier molecular flexibility index (Phi) is 8.98. The first-order valence-corrected chi connectivity index (χ1v) is 6.48. The molecule has 4 nitrogen and oxygen atoms in total.